The Labute approximate surface area is 109 Å². The number of ether oxygens (including phenoxy) is 1. The van der Waals surface area contributed by atoms with Crippen molar-refractivity contribution in [3.8, 4) is 5.75 Å². The minimum Gasteiger partial charge on any atom is -0.493 e. The van der Waals surface area contributed by atoms with Gasteiger partial charge in [-0.05, 0) is 30.7 Å². The Morgan fingerprint density at radius 2 is 2.29 bits per heavy atom. The van der Waals surface area contributed by atoms with E-state index in [0.717, 1.165) is 29.7 Å². The largest absolute Gasteiger partial charge is 0.493 e. The van der Waals surface area contributed by atoms with Crippen molar-refractivity contribution >= 4 is 22.4 Å². The van der Waals surface area contributed by atoms with E-state index in [1.165, 1.54) is 0 Å². The van der Waals surface area contributed by atoms with Crippen LogP contribution in [0.2, 0.25) is 5.02 Å². The summed E-state index contributed by atoms with van der Waals surface area (Å²) >= 11 is 6.04. The highest BCUT2D eigenvalue weighted by atomic mass is 35.5. The molecule has 1 aromatic rings. The molecular weight excluding hydrogens is 258 g/mol. The molecule has 2 N–H and O–H groups in total. The third-order valence-electron chi connectivity index (χ3n) is 2.72. The van der Waals surface area contributed by atoms with Crippen molar-refractivity contribution in [3.05, 3.63) is 28.3 Å². The van der Waals surface area contributed by atoms with Crippen LogP contribution in [0.4, 0.5) is 0 Å². The molecule has 1 heterocycles. The zero-order valence-electron chi connectivity index (χ0n) is 9.58. The molecule has 0 aromatic heterocycles. The van der Waals surface area contributed by atoms with E-state index in [1.54, 1.807) is 0 Å². The van der Waals surface area contributed by atoms with E-state index < -0.39 is 10.8 Å². The van der Waals surface area contributed by atoms with Crippen molar-refractivity contribution in [3.63, 3.8) is 0 Å². The molecule has 1 atom stereocenters. The molecule has 1 aromatic carbocycles. The fourth-order valence-electron chi connectivity index (χ4n) is 1.94. The van der Waals surface area contributed by atoms with Gasteiger partial charge in [0, 0.05) is 33.6 Å². The quantitative estimate of drug-likeness (QED) is 0.891. The summed E-state index contributed by atoms with van der Waals surface area (Å²) in [5.74, 6) is 2.02. The van der Waals surface area contributed by atoms with Gasteiger partial charge in [0.2, 0.25) is 0 Å². The number of nitrogens with two attached hydrogens (primary N) is 1. The van der Waals surface area contributed by atoms with Crippen LogP contribution in [0.25, 0.3) is 0 Å². The Balaban J connectivity index is 2.13. The molecule has 0 fully saturated rings. The van der Waals surface area contributed by atoms with Crippen molar-refractivity contribution in [2.75, 3.05) is 18.9 Å². The summed E-state index contributed by atoms with van der Waals surface area (Å²) < 4.78 is 17.4. The van der Waals surface area contributed by atoms with E-state index in [2.05, 4.69) is 0 Å². The predicted octanol–water partition coefficient (Wildman–Crippen LogP) is 1.87. The average molecular weight is 274 g/mol. The molecule has 0 saturated heterocycles. The summed E-state index contributed by atoms with van der Waals surface area (Å²) in [6, 6.07) is 3.78. The molecule has 94 valence electrons. The van der Waals surface area contributed by atoms with Gasteiger partial charge in [0.1, 0.15) is 5.75 Å². The van der Waals surface area contributed by atoms with Crippen LogP contribution in [-0.4, -0.2) is 23.1 Å². The van der Waals surface area contributed by atoms with Crippen LogP contribution in [0.1, 0.15) is 17.5 Å². The second kappa shape index (κ2) is 5.85. The Kier molecular flexibility index (Phi) is 4.42. The normalized spacial score (nSPS) is 15.4. The van der Waals surface area contributed by atoms with Crippen LogP contribution in [0, 0.1) is 0 Å². The molecule has 0 saturated carbocycles. The smallest absolute Gasteiger partial charge is 0.126 e. The number of halogens is 1. The van der Waals surface area contributed by atoms with Crippen LogP contribution in [0.15, 0.2) is 12.1 Å². The van der Waals surface area contributed by atoms with E-state index in [-0.39, 0.29) is 0 Å². The third kappa shape index (κ3) is 3.21. The van der Waals surface area contributed by atoms with Crippen LogP contribution in [-0.2, 0) is 23.0 Å². The van der Waals surface area contributed by atoms with Crippen molar-refractivity contribution in [1.29, 1.82) is 0 Å². The van der Waals surface area contributed by atoms with Crippen LogP contribution < -0.4 is 10.5 Å². The van der Waals surface area contributed by atoms with Gasteiger partial charge in [0.05, 0.1) is 12.4 Å². The van der Waals surface area contributed by atoms with Gasteiger partial charge in [-0.15, -0.1) is 0 Å². The van der Waals surface area contributed by atoms with E-state index in [4.69, 9.17) is 22.1 Å². The van der Waals surface area contributed by atoms with Gasteiger partial charge >= 0.3 is 0 Å². The highest BCUT2D eigenvalue weighted by Crippen LogP contribution is 2.33. The van der Waals surface area contributed by atoms with Crippen LogP contribution in [0.5, 0.6) is 5.75 Å². The van der Waals surface area contributed by atoms with E-state index in [1.807, 2.05) is 12.1 Å². The number of hydrogen-bond donors (Lipinski definition) is 1. The second-order valence-corrected chi connectivity index (χ2v) is 6.10. The maximum atomic E-state index is 11.8. The molecule has 0 bridgehead atoms. The fourth-order valence-corrected chi connectivity index (χ4v) is 3.40. The summed E-state index contributed by atoms with van der Waals surface area (Å²) in [4.78, 5) is 0. The molecule has 3 nitrogen and oxygen atoms in total. The molecule has 1 unspecified atom stereocenters. The molecule has 1 aliphatic heterocycles. The molecular formula is C12H16ClNO2S. The SMILES string of the molecule is NCCCS(=O)Cc1cc(Cl)cc2c1OCC2. The number of rotatable bonds is 5. The molecule has 17 heavy (non-hydrogen) atoms. The maximum absolute atomic E-state index is 11.8. The zero-order chi connectivity index (χ0) is 12.3. The first-order valence-corrected chi connectivity index (χ1v) is 7.56. The van der Waals surface area contributed by atoms with Gasteiger partial charge in [-0.2, -0.15) is 0 Å². The first-order valence-electron chi connectivity index (χ1n) is 5.70. The Morgan fingerprint density at radius 3 is 3.06 bits per heavy atom. The van der Waals surface area contributed by atoms with Gasteiger partial charge in [-0.1, -0.05) is 11.6 Å². The highest BCUT2D eigenvalue weighted by molar-refractivity contribution is 7.84. The first kappa shape index (κ1) is 12.9. The molecule has 0 amide bonds. The van der Waals surface area contributed by atoms with Crippen molar-refractivity contribution < 1.29 is 8.95 Å². The lowest BCUT2D eigenvalue weighted by molar-refractivity contribution is 0.354. The zero-order valence-corrected chi connectivity index (χ0v) is 11.1. The van der Waals surface area contributed by atoms with Gasteiger partial charge < -0.3 is 10.5 Å². The Morgan fingerprint density at radius 1 is 1.47 bits per heavy atom. The van der Waals surface area contributed by atoms with E-state index >= 15 is 0 Å². The minimum absolute atomic E-state index is 0.503. The first-order chi connectivity index (χ1) is 8.20. The standard InChI is InChI=1S/C12H16ClNO2S/c13-11-6-9-2-4-16-12(9)10(7-11)8-17(15)5-1-3-14/h6-7H,1-5,8,14H2. The molecule has 2 rings (SSSR count). The van der Waals surface area contributed by atoms with Gasteiger partial charge in [0.25, 0.3) is 0 Å². The Hall–Kier alpha value is -0.580. The Bertz CT molecular complexity index is 437. The summed E-state index contributed by atoms with van der Waals surface area (Å²) in [7, 11) is -0.890. The monoisotopic (exact) mass is 273 g/mol. The lowest BCUT2D eigenvalue weighted by Crippen LogP contribution is -2.08. The molecule has 5 heteroatoms. The van der Waals surface area contributed by atoms with Crippen molar-refractivity contribution in [1.82, 2.24) is 0 Å². The van der Waals surface area contributed by atoms with Gasteiger partial charge in [0.15, 0.2) is 0 Å². The number of fused-ring (bicyclic) bond motifs is 1. The van der Waals surface area contributed by atoms with Gasteiger partial charge in [-0.3, -0.25) is 4.21 Å². The molecule has 0 aliphatic carbocycles. The van der Waals surface area contributed by atoms with Crippen molar-refractivity contribution in [2.45, 2.75) is 18.6 Å². The number of benzene rings is 1. The van der Waals surface area contributed by atoms with Crippen LogP contribution >= 0.6 is 11.6 Å². The summed E-state index contributed by atoms with van der Waals surface area (Å²) in [6.45, 7) is 1.27. The van der Waals surface area contributed by atoms with E-state index in [0.29, 0.717) is 29.7 Å². The number of hydrogen-bond acceptors (Lipinski definition) is 3. The van der Waals surface area contributed by atoms with E-state index in [9.17, 15) is 4.21 Å². The summed E-state index contributed by atoms with van der Waals surface area (Å²) in [5.41, 5.74) is 7.49. The topological polar surface area (TPSA) is 52.3 Å². The average Bonchev–Trinajstić information content (AvgIpc) is 2.74. The van der Waals surface area contributed by atoms with Crippen molar-refractivity contribution in [2.24, 2.45) is 5.73 Å². The minimum atomic E-state index is -0.890. The third-order valence-corrected chi connectivity index (χ3v) is 4.31. The summed E-state index contributed by atoms with van der Waals surface area (Å²) in [5, 5.41) is 0.695. The molecule has 0 radical (unpaired) electrons. The highest BCUT2D eigenvalue weighted by Gasteiger charge is 2.18. The predicted molar refractivity (Wildman–Crippen MR) is 71.0 cm³/mol. The van der Waals surface area contributed by atoms with Crippen LogP contribution in [0.3, 0.4) is 0 Å². The molecule has 1 aliphatic rings. The lowest BCUT2D eigenvalue weighted by atomic mass is 10.1. The molecule has 0 spiro atoms. The fraction of sp³-hybridized carbons (Fsp3) is 0.500. The summed E-state index contributed by atoms with van der Waals surface area (Å²) in [6.07, 6.45) is 1.68. The lowest BCUT2D eigenvalue weighted by Gasteiger charge is -2.08. The second-order valence-electron chi connectivity index (χ2n) is 4.08. The van der Waals surface area contributed by atoms with Gasteiger partial charge in [-0.25, -0.2) is 0 Å². The maximum Gasteiger partial charge on any atom is 0.126 e.